The van der Waals surface area contributed by atoms with Crippen LogP contribution in [0.3, 0.4) is 0 Å². The summed E-state index contributed by atoms with van der Waals surface area (Å²) in [6.45, 7) is 5.21. The number of hydrogen-bond acceptors (Lipinski definition) is 1. The molecular formula is C13H18BrCl2N. The monoisotopic (exact) mass is 337 g/mol. The topological polar surface area (TPSA) is 3.24 Å². The zero-order valence-electron chi connectivity index (χ0n) is 10.1. The van der Waals surface area contributed by atoms with E-state index in [1.54, 1.807) is 0 Å². The molecule has 4 heteroatoms. The van der Waals surface area contributed by atoms with Gasteiger partial charge in [-0.2, -0.15) is 0 Å². The van der Waals surface area contributed by atoms with Crippen LogP contribution < -0.4 is 0 Å². The first-order chi connectivity index (χ1) is 8.19. The second-order valence-electron chi connectivity index (χ2n) is 4.03. The predicted molar refractivity (Wildman–Crippen MR) is 80.4 cm³/mol. The number of nitrogens with zero attached hydrogens (tertiary/aromatic N) is 1. The highest BCUT2D eigenvalue weighted by Gasteiger charge is 2.09. The van der Waals surface area contributed by atoms with Gasteiger partial charge in [-0.05, 0) is 24.6 Å². The Balaban J connectivity index is 2.67. The average Bonchev–Trinajstić information content (AvgIpc) is 2.32. The molecule has 0 fully saturated rings. The predicted octanol–water partition coefficient (Wildman–Crippen LogP) is 4.99. The summed E-state index contributed by atoms with van der Waals surface area (Å²) in [5, 5.41) is 2.30. The first-order valence-electron chi connectivity index (χ1n) is 5.90. The molecule has 0 heterocycles. The Hall–Kier alpha value is 0.240. The summed E-state index contributed by atoms with van der Waals surface area (Å²) in [7, 11) is 0. The molecule has 0 aromatic heterocycles. The van der Waals surface area contributed by atoms with Crippen LogP contribution in [0, 0.1) is 0 Å². The van der Waals surface area contributed by atoms with Crippen LogP contribution in [0.4, 0.5) is 0 Å². The lowest BCUT2D eigenvalue weighted by Crippen LogP contribution is -2.26. The van der Waals surface area contributed by atoms with E-state index in [0.29, 0.717) is 10.0 Å². The molecule has 1 aromatic carbocycles. The molecule has 0 aliphatic rings. The van der Waals surface area contributed by atoms with Crippen molar-refractivity contribution in [2.75, 3.05) is 18.4 Å². The summed E-state index contributed by atoms with van der Waals surface area (Å²) in [5.74, 6) is 0. The second-order valence-corrected chi connectivity index (χ2v) is 5.61. The van der Waals surface area contributed by atoms with Crippen molar-refractivity contribution in [1.29, 1.82) is 0 Å². The molecule has 1 rings (SSSR count). The summed E-state index contributed by atoms with van der Waals surface area (Å²) in [4.78, 5) is 2.40. The third-order valence-electron chi connectivity index (χ3n) is 2.65. The number of benzene rings is 1. The van der Waals surface area contributed by atoms with Crippen molar-refractivity contribution < 1.29 is 0 Å². The molecule has 0 radical (unpaired) electrons. The third-order valence-corrected chi connectivity index (χ3v) is 3.87. The molecule has 0 atom stereocenters. The molecule has 0 saturated carbocycles. The van der Waals surface area contributed by atoms with Crippen molar-refractivity contribution in [3.63, 3.8) is 0 Å². The molecule has 96 valence electrons. The van der Waals surface area contributed by atoms with Gasteiger partial charge in [0.15, 0.2) is 0 Å². The number of unbranched alkanes of at least 4 members (excludes halogenated alkanes) is 1. The van der Waals surface area contributed by atoms with Gasteiger partial charge in [0.1, 0.15) is 0 Å². The van der Waals surface area contributed by atoms with Crippen LogP contribution >= 0.6 is 39.1 Å². The van der Waals surface area contributed by atoms with E-state index in [1.165, 1.54) is 12.8 Å². The Morgan fingerprint density at radius 2 is 2.00 bits per heavy atom. The van der Waals surface area contributed by atoms with Gasteiger partial charge >= 0.3 is 0 Å². The second kappa shape index (κ2) is 8.36. The molecule has 0 spiro atoms. The van der Waals surface area contributed by atoms with E-state index in [-0.39, 0.29) is 0 Å². The van der Waals surface area contributed by atoms with Crippen molar-refractivity contribution in [1.82, 2.24) is 4.90 Å². The summed E-state index contributed by atoms with van der Waals surface area (Å²) in [5.41, 5.74) is 1.11. The molecule has 0 bridgehead atoms. The van der Waals surface area contributed by atoms with Crippen LogP contribution in [0.15, 0.2) is 18.2 Å². The fourth-order valence-corrected chi connectivity index (χ4v) is 2.56. The van der Waals surface area contributed by atoms with Crippen molar-refractivity contribution in [2.45, 2.75) is 26.3 Å². The van der Waals surface area contributed by atoms with Gasteiger partial charge in [0.25, 0.3) is 0 Å². The number of rotatable bonds is 7. The Bertz CT molecular complexity index is 344. The van der Waals surface area contributed by atoms with Gasteiger partial charge in [0.2, 0.25) is 0 Å². The lowest BCUT2D eigenvalue weighted by atomic mass is 10.2. The first kappa shape index (κ1) is 15.3. The quantitative estimate of drug-likeness (QED) is 0.633. The van der Waals surface area contributed by atoms with Crippen LogP contribution in [0.2, 0.25) is 10.0 Å². The molecule has 0 unspecified atom stereocenters. The van der Waals surface area contributed by atoms with Crippen molar-refractivity contribution in [2.24, 2.45) is 0 Å². The zero-order valence-corrected chi connectivity index (χ0v) is 13.2. The number of alkyl halides is 1. The van der Waals surface area contributed by atoms with Crippen molar-refractivity contribution in [3.8, 4) is 0 Å². The molecular weight excluding hydrogens is 321 g/mol. The van der Waals surface area contributed by atoms with Gasteiger partial charge in [-0.25, -0.2) is 0 Å². The summed E-state index contributed by atoms with van der Waals surface area (Å²) < 4.78 is 0. The highest BCUT2D eigenvalue weighted by Crippen LogP contribution is 2.26. The molecule has 1 nitrogen and oxygen atoms in total. The Morgan fingerprint density at radius 3 is 2.65 bits per heavy atom. The van der Waals surface area contributed by atoms with Crippen molar-refractivity contribution in [3.05, 3.63) is 33.8 Å². The van der Waals surface area contributed by atoms with E-state index >= 15 is 0 Å². The fourth-order valence-electron chi connectivity index (χ4n) is 1.68. The zero-order chi connectivity index (χ0) is 12.7. The lowest BCUT2D eigenvalue weighted by molar-refractivity contribution is 0.278. The van der Waals surface area contributed by atoms with E-state index in [2.05, 4.69) is 27.8 Å². The fraction of sp³-hybridized carbons (Fsp3) is 0.538. The minimum absolute atomic E-state index is 0.637. The third kappa shape index (κ3) is 5.17. The van der Waals surface area contributed by atoms with E-state index in [0.717, 1.165) is 30.5 Å². The van der Waals surface area contributed by atoms with Crippen LogP contribution in [0.1, 0.15) is 25.3 Å². The minimum atomic E-state index is 0.637. The Kier molecular flexibility index (Phi) is 7.52. The van der Waals surface area contributed by atoms with Crippen LogP contribution in [-0.4, -0.2) is 23.3 Å². The summed E-state index contributed by atoms with van der Waals surface area (Å²) in [6.07, 6.45) is 2.42. The Labute approximate surface area is 122 Å². The van der Waals surface area contributed by atoms with Gasteiger partial charge in [-0.3, -0.25) is 4.90 Å². The Morgan fingerprint density at radius 1 is 1.24 bits per heavy atom. The minimum Gasteiger partial charge on any atom is -0.298 e. The average molecular weight is 339 g/mol. The van der Waals surface area contributed by atoms with Gasteiger partial charge in [-0.15, -0.1) is 0 Å². The smallest absolute Gasteiger partial charge is 0.0637 e. The maximum atomic E-state index is 6.20. The SMILES string of the molecule is CCCCN(CCBr)Cc1cccc(Cl)c1Cl. The van der Waals surface area contributed by atoms with Crippen LogP contribution in [0.25, 0.3) is 0 Å². The van der Waals surface area contributed by atoms with E-state index in [4.69, 9.17) is 23.2 Å². The summed E-state index contributed by atoms with van der Waals surface area (Å²) >= 11 is 15.7. The standard InChI is InChI=1S/C13H18BrCl2N/c1-2-3-8-17(9-7-14)10-11-5-4-6-12(15)13(11)16/h4-6H,2-3,7-10H2,1H3. The van der Waals surface area contributed by atoms with Gasteiger partial charge in [0.05, 0.1) is 10.0 Å². The first-order valence-corrected chi connectivity index (χ1v) is 7.78. The summed E-state index contributed by atoms with van der Waals surface area (Å²) in [6, 6.07) is 5.82. The normalized spacial score (nSPS) is 11.1. The molecule has 0 N–H and O–H groups in total. The van der Waals surface area contributed by atoms with E-state index in [9.17, 15) is 0 Å². The maximum absolute atomic E-state index is 6.20. The maximum Gasteiger partial charge on any atom is 0.0637 e. The van der Waals surface area contributed by atoms with Crippen molar-refractivity contribution >= 4 is 39.1 Å². The molecule has 1 aromatic rings. The number of halogens is 3. The van der Waals surface area contributed by atoms with Crippen LogP contribution in [0.5, 0.6) is 0 Å². The van der Waals surface area contributed by atoms with E-state index in [1.807, 2.05) is 18.2 Å². The largest absolute Gasteiger partial charge is 0.298 e. The van der Waals surface area contributed by atoms with Crippen LogP contribution in [-0.2, 0) is 6.54 Å². The lowest BCUT2D eigenvalue weighted by Gasteiger charge is -2.21. The molecule has 0 aliphatic heterocycles. The number of hydrogen-bond donors (Lipinski definition) is 0. The highest BCUT2D eigenvalue weighted by molar-refractivity contribution is 9.09. The van der Waals surface area contributed by atoms with Gasteiger partial charge < -0.3 is 0 Å². The van der Waals surface area contributed by atoms with Gasteiger partial charge in [-0.1, -0.05) is 64.6 Å². The molecule has 17 heavy (non-hydrogen) atoms. The van der Waals surface area contributed by atoms with Gasteiger partial charge in [0, 0.05) is 18.4 Å². The highest BCUT2D eigenvalue weighted by atomic mass is 79.9. The molecule has 0 saturated heterocycles. The molecule has 0 aliphatic carbocycles. The molecule has 0 amide bonds. The van der Waals surface area contributed by atoms with E-state index < -0.39 is 0 Å².